The van der Waals surface area contributed by atoms with Crippen LogP contribution in [0.15, 0.2) is 12.1 Å². The van der Waals surface area contributed by atoms with Crippen molar-refractivity contribution in [2.75, 3.05) is 20.3 Å². The van der Waals surface area contributed by atoms with Crippen LogP contribution in [0.4, 0.5) is 0 Å². The molecule has 82 valence electrons. The highest BCUT2D eigenvalue weighted by Crippen LogP contribution is 2.43. The zero-order chi connectivity index (χ0) is 10.8. The van der Waals surface area contributed by atoms with Gasteiger partial charge < -0.3 is 14.2 Å². The molecule has 0 fully saturated rings. The van der Waals surface area contributed by atoms with Crippen molar-refractivity contribution in [2.45, 2.75) is 19.8 Å². The zero-order valence-electron chi connectivity index (χ0n) is 9.37. The topological polar surface area (TPSA) is 27.7 Å². The number of rotatable bonds is 2. The van der Waals surface area contributed by atoms with Crippen LogP contribution in [-0.4, -0.2) is 20.3 Å². The summed E-state index contributed by atoms with van der Waals surface area (Å²) in [5.41, 5.74) is 1.15. The molecule has 0 saturated carbocycles. The highest BCUT2D eigenvalue weighted by Gasteiger charge is 2.21. The molecular weight excluding hydrogens is 192 g/mol. The standard InChI is InChI=1S/C12H16O3/c1-8(2)9-4-5-10-12(11(9)13-3)15-7-6-14-10/h4-5,8H,6-7H2,1-3H3. The van der Waals surface area contributed by atoms with Crippen molar-refractivity contribution < 1.29 is 14.2 Å². The molecule has 0 aromatic heterocycles. The molecule has 0 atom stereocenters. The lowest BCUT2D eigenvalue weighted by molar-refractivity contribution is 0.164. The first-order valence-corrected chi connectivity index (χ1v) is 5.20. The molecule has 1 aromatic carbocycles. The number of benzene rings is 1. The molecule has 1 aliphatic heterocycles. The van der Waals surface area contributed by atoms with Gasteiger partial charge in [0.05, 0.1) is 7.11 Å². The van der Waals surface area contributed by atoms with Gasteiger partial charge in [0.15, 0.2) is 11.5 Å². The molecule has 0 bridgehead atoms. The Morgan fingerprint density at radius 1 is 1.20 bits per heavy atom. The lowest BCUT2D eigenvalue weighted by Gasteiger charge is -2.23. The predicted octanol–water partition coefficient (Wildman–Crippen LogP) is 2.59. The van der Waals surface area contributed by atoms with Gasteiger partial charge in [0.25, 0.3) is 0 Å². The molecule has 0 N–H and O–H groups in total. The Morgan fingerprint density at radius 3 is 2.60 bits per heavy atom. The van der Waals surface area contributed by atoms with Gasteiger partial charge in [-0.05, 0) is 12.0 Å². The molecule has 0 aliphatic carbocycles. The smallest absolute Gasteiger partial charge is 0.203 e. The van der Waals surface area contributed by atoms with Crippen molar-refractivity contribution in [2.24, 2.45) is 0 Å². The second-order valence-corrected chi connectivity index (χ2v) is 3.87. The second kappa shape index (κ2) is 4.01. The highest BCUT2D eigenvalue weighted by molar-refractivity contribution is 5.57. The largest absolute Gasteiger partial charge is 0.492 e. The fraction of sp³-hybridized carbons (Fsp3) is 0.500. The van der Waals surface area contributed by atoms with E-state index in [1.807, 2.05) is 12.1 Å². The molecule has 0 saturated heterocycles. The Kier molecular flexibility index (Phi) is 2.71. The summed E-state index contributed by atoms with van der Waals surface area (Å²) in [6.45, 7) is 5.46. The van der Waals surface area contributed by atoms with Crippen LogP contribution in [0, 0.1) is 0 Å². The number of ether oxygens (including phenoxy) is 3. The maximum atomic E-state index is 5.59. The Labute approximate surface area is 90.0 Å². The summed E-state index contributed by atoms with van der Waals surface area (Å²) in [6.07, 6.45) is 0. The van der Waals surface area contributed by atoms with Gasteiger partial charge in [-0.2, -0.15) is 0 Å². The Balaban J connectivity index is 2.51. The Morgan fingerprint density at radius 2 is 1.93 bits per heavy atom. The fourth-order valence-corrected chi connectivity index (χ4v) is 1.77. The molecule has 0 unspecified atom stereocenters. The summed E-state index contributed by atoms with van der Waals surface area (Å²) in [5, 5.41) is 0. The summed E-state index contributed by atoms with van der Waals surface area (Å²) in [5.74, 6) is 2.75. The van der Waals surface area contributed by atoms with E-state index in [1.54, 1.807) is 7.11 Å². The van der Waals surface area contributed by atoms with Crippen LogP contribution in [0.2, 0.25) is 0 Å². The average Bonchev–Trinajstić information content (AvgIpc) is 2.27. The van der Waals surface area contributed by atoms with Gasteiger partial charge in [-0.25, -0.2) is 0 Å². The van der Waals surface area contributed by atoms with Crippen molar-refractivity contribution in [3.8, 4) is 17.2 Å². The first kappa shape index (κ1) is 10.1. The van der Waals surface area contributed by atoms with E-state index in [9.17, 15) is 0 Å². The molecule has 1 aliphatic rings. The first-order chi connectivity index (χ1) is 7.24. The minimum absolute atomic E-state index is 0.413. The number of fused-ring (bicyclic) bond motifs is 1. The quantitative estimate of drug-likeness (QED) is 0.747. The third kappa shape index (κ3) is 1.74. The Bertz CT molecular complexity index is 358. The van der Waals surface area contributed by atoms with Crippen LogP contribution in [0.5, 0.6) is 17.2 Å². The maximum Gasteiger partial charge on any atom is 0.203 e. The maximum absolute atomic E-state index is 5.59. The molecule has 0 spiro atoms. The minimum atomic E-state index is 0.413. The molecule has 0 radical (unpaired) electrons. The Hall–Kier alpha value is -1.38. The number of hydrogen-bond donors (Lipinski definition) is 0. The number of methoxy groups -OCH3 is 1. The van der Waals surface area contributed by atoms with Crippen molar-refractivity contribution >= 4 is 0 Å². The molecular formula is C12H16O3. The average molecular weight is 208 g/mol. The molecule has 3 heteroatoms. The highest BCUT2D eigenvalue weighted by atomic mass is 16.6. The van der Waals surface area contributed by atoms with E-state index in [0.29, 0.717) is 19.1 Å². The monoisotopic (exact) mass is 208 g/mol. The van der Waals surface area contributed by atoms with Gasteiger partial charge in [-0.15, -0.1) is 0 Å². The third-order valence-corrected chi connectivity index (χ3v) is 2.52. The summed E-state index contributed by atoms with van der Waals surface area (Å²) in [4.78, 5) is 0. The fourth-order valence-electron chi connectivity index (χ4n) is 1.77. The van der Waals surface area contributed by atoms with Gasteiger partial charge in [0.1, 0.15) is 13.2 Å². The third-order valence-electron chi connectivity index (χ3n) is 2.52. The second-order valence-electron chi connectivity index (χ2n) is 3.87. The summed E-state index contributed by atoms with van der Waals surface area (Å²) in [7, 11) is 1.67. The van der Waals surface area contributed by atoms with Gasteiger partial charge in [-0.1, -0.05) is 19.9 Å². The van der Waals surface area contributed by atoms with Gasteiger partial charge in [0.2, 0.25) is 5.75 Å². The van der Waals surface area contributed by atoms with Crippen molar-refractivity contribution in [1.29, 1.82) is 0 Å². The van der Waals surface area contributed by atoms with E-state index >= 15 is 0 Å². The SMILES string of the molecule is COc1c(C(C)C)ccc2c1OCCO2. The van der Waals surface area contributed by atoms with E-state index < -0.39 is 0 Å². The normalized spacial score (nSPS) is 14.1. The summed E-state index contributed by atoms with van der Waals surface area (Å²) >= 11 is 0. The zero-order valence-corrected chi connectivity index (χ0v) is 9.37. The molecule has 1 aromatic rings. The molecule has 15 heavy (non-hydrogen) atoms. The van der Waals surface area contributed by atoms with Crippen LogP contribution >= 0.6 is 0 Å². The van der Waals surface area contributed by atoms with Crippen molar-refractivity contribution in [3.05, 3.63) is 17.7 Å². The van der Waals surface area contributed by atoms with Crippen LogP contribution < -0.4 is 14.2 Å². The first-order valence-electron chi connectivity index (χ1n) is 5.20. The predicted molar refractivity (Wildman–Crippen MR) is 58.1 cm³/mol. The molecule has 2 rings (SSSR count). The van der Waals surface area contributed by atoms with Crippen LogP contribution in [0.25, 0.3) is 0 Å². The van der Waals surface area contributed by atoms with Gasteiger partial charge >= 0.3 is 0 Å². The van der Waals surface area contributed by atoms with Crippen LogP contribution in [0.3, 0.4) is 0 Å². The van der Waals surface area contributed by atoms with Crippen LogP contribution in [0.1, 0.15) is 25.3 Å². The van der Waals surface area contributed by atoms with Crippen molar-refractivity contribution in [1.82, 2.24) is 0 Å². The molecule has 0 amide bonds. The van der Waals surface area contributed by atoms with Gasteiger partial charge in [0, 0.05) is 5.56 Å². The van der Waals surface area contributed by atoms with E-state index in [0.717, 1.165) is 22.8 Å². The lowest BCUT2D eigenvalue weighted by Crippen LogP contribution is -2.16. The number of hydrogen-bond acceptors (Lipinski definition) is 3. The summed E-state index contributed by atoms with van der Waals surface area (Å²) < 4.78 is 16.5. The van der Waals surface area contributed by atoms with Gasteiger partial charge in [-0.3, -0.25) is 0 Å². The molecule has 3 nitrogen and oxygen atoms in total. The van der Waals surface area contributed by atoms with E-state index in [2.05, 4.69) is 13.8 Å². The van der Waals surface area contributed by atoms with E-state index in [1.165, 1.54) is 0 Å². The minimum Gasteiger partial charge on any atom is -0.492 e. The molecule has 1 heterocycles. The summed E-state index contributed by atoms with van der Waals surface area (Å²) in [6, 6.07) is 3.99. The van der Waals surface area contributed by atoms with E-state index in [-0.39, 0.29) is 0 Å². The van der Waals surface area contributed by atoms with Crippen LogP contribution in [-0.2, 0) is 0 Å². The van der Waals surface area contributed by atoms with Crippen molar-refractivity contribution in [3.63, 3.8) is 0 Å². The van der Waals surface area contributed by atoms with E-state index in [4.69, 9.17) is 14.2 Å². The lowest BCUT2D eigenvalue weighted by atomic mass is 10.0.